The Labute approximate surface area is 106 Å². The Morgan fingerprint density at radius 2 is 2.11 bits per heavy atom. The number of nitrogens with zero attached hydrogens (tertiary/aromatic N) is 1. The lowest BCUT2D eigenvalue weighted by Gasteiger charge is -2.00. The van der Waals surface area contributed by atoms with Crippen LogP contribution in [0.2, 0.25) is 0 Å². The van der Waals surface area contributed by atoms with Crippen molar-refractivity contribution in [2.75, 3.05) is 0 Å². The molecule has 18 heavy (non-hydrogen) atoms. The number of phenolic OH excluding ortho intramolecular Hbond substituents is 1. The highest BCUT2D eigenvalue weighted by Gasteiger charge is 2.21. The summed E-state index contributed by atoms with van der Waals surface area (Å²) in [7, 11) is 0. The van der Waals surface area contributed by atoms with Crippen LogP contribution in [0.25, 0.3) is 6.08 Å². The van der Waals surface area contributed by atoms with Gasteiger partial charge in [-0.2, -0.15) is 0 Å². The number of nitro benzene ring substituents is 1. The molecule has 0 bridgehead atoms. The largest absolute Gasteiger partial charge is 0.507 e. The van der Waals surface area contributed by atoms with Gasteiger partial charge in [-0.1, -0.05) is 0 Å². The number of hydrogen-bond donors (Lipinski definition) is 3. The number of carbonyl (C=O) groups is 1. The third-order valence-corrected chi connectivity index (χ3v) is 2.45. The van der Waals surface area contributed by atoms with Crippen LogP contribution in [-0.2, 0) is 4.79 Å². The number of phenols is 1. The first kappa shape index (κ1) is 12.0. The number of nitro groups is 1. The summed E-state index contributed by atoms with van der Waals surface area (Å²) in [6.45, 7) is 0. The van der Waals surface area contributed by atoms with E-state index in [1.807, 2.05) is 0 Å². The second-order valence-electron chi connectivity index (χ2n) is 3.47. The Morgan fingerprint density at radius 1 is 1.39 bits per heavy atom. The minimum atomic E-state index is -0.589. The van der Waals surface area contributed by atoms with Crippen LogP contribution in [0.1, 0.15) is 5.56 Å². The monoisotopic (exact) mass is 265 g/mol. The fraction of sp³-hybridized carbons (Fsp3) is 0. The molecule has 1 amide bonds. The summed E-state index contributed by atoms with van der Waals surface area (Å²) in [6, 6.07) is 3.53. The number of rotatable bonds is 2. The van der Waals surface area contributed by atoms with E-state index in [1.54, 1.807) is 0 Å². The third-order valence-electron chi connectivity index (χ3n) is 2.24. The molecule has 0 unspecified atom stereocenters. The maximum Gasteiger partial charge on any atom is 0.273 e. The molecule has 1 aliphatic heterocycles. The smallest absolute Gasteiger partial charge is 0.273 e. The lowest BCUT2D eigenvalue weighted by molar-refractivity contribution is -0.384. The first-order valence-corrected chi connectivity index (χ1v) is 5.19. The number of benzene rings is 1. The summed E-state index contributed by atoms with van der Waals surface area (Å²) in [5.74, 6) is -0.619. The second kappa shape index (κ2) is 4.41. The number of thiocarbonyl (C=S) groups is 1. The van der Waals surface area contributed by atoms with Crippen molar-refractivity contribution in [3.63, 3.8) is 0 Å². The van der Waals surface area contributed by atoms with Crippen LogP contribution in [-0.4, -0.2) is 21.0 Å². The number of aromatic hydroxyl groups is 1. The van der Waals surface area contributed by atoms with Gasteiger partial charge >= 0.3 is 0 Å². The maximum atomic E-state index is 11.4. The zero-order valence-corrected chi connectivity index (χ0v) is 9.65. The van der Waals surface area contributed by atoms with Crippen molar-refractivity contribution < 1.29 is 14.8 Å². The van der Waals surface area contributed by atoms with E-state index in [1.165, 1.54) is 24.3 Å². The van der Waals surface area contributed by atoms with Crippen molar-refractivity contribution in [3.8, 4) is 5.75 Å². The van der Waals surface area contributed by atoms with Gasteiger partial charge < -0.3 is 10.4 Å². The second-order valence-corrected chi connectivity index (χ2v) is 3.87. The zero-order valence-electron chi connectivity index (χ0n) is 8.84. The average Bonchev–Trinajstić information content (AvgIpc) is 2.60. The fourth-order valence-electron chi connectivity index (χ4n) is 1.41. The predicted molar refractivity (Wildman–Crippen MR) is 66.6 cm³/mol. The third kappa shape index (κ3) is 2.28. The van der Waals surface area contributed by atoms with Gasteiger partial charge in [-0.15, -0.1) is 0 Å². The van der Waals surface area contributed by atoms with Crippen LogP contribution in [0.15, 0.2) is 23.9 Å². The van der Waals surface area contributed by atoms with Gasteiger partial charge in [0.25, 0.3) is 11.6 Å². The standard InChI is InChI=1S/C10H7N3O4S/c14-8-2-1-6(13(16)17)3-5(8)4-7-9(15)12-10(18)11-7/h1-4,14H,(H2,11,12,15,18)/b7-4-. The first-order chi connectivity index (χ1) is 8.47. The van der Waals surface area contributed by atoms with E-state index >= 15 is 0 Å². The van der Waals surface area contributed by atoms with Crippen molar-refractivity contribution in [1.29, 1.82) is 0 Å². The van der Waals surface area contributed by atoms with Crippen molar-refractivity contribution >= 4 is 35.0 Å². The minimum Gasteiger partial charge on any atom is -0.507 e. The van der Waals surface area contributed by atoms with Crippen LogP contribution in [0.3, 0.4) is 0 Å². The molecule has 0 saturated carbocycles. The number of amides is 1. The molecule has 0 aliphatic carbocycles. The lowest BCUT2D eigenvalue weighted by atomic mass is 10.1. The molecule has 0 atom stereocenters. The Balaban J connectivity index is 2.42. The Bertz CT molecular complexity index is 597. The average molecular weight is 265 g/mol. The van der Waals surface area contributed by atoms with Crippen molar-refractivity contribution in [1.82, 2.24) is 10.6 Å². The van der Waals surface area contributed by atoms with Crippen LogP contribution in [0.4, 0.5) is 5.69 Å². The number of hydrogen-bond acceptors (Lipinski definition) is 5. The zero-order chi connectivity index (χ0) is 13.3. The molecular formula is C10H7N3O4S. The van der Waals surface area contributed by atoms with Crippen LogP contribution in [0.5, 0.6) is 5.75 Å². The molecule has 1 aromatic carbocycles. The molecule has 0 spiro atoms. The summed E-state index contributed by atoms with van der Waals surface area (Å²) >= 11 is 4.73. The molecule has 1 heterocycles. The molecule has 3 N–H and O–H groups in total. The van der Waals surface area contributed by atoms with Gasteiger partial charge in [0.15, 0.2) is 5.11 Å². The predicted octanol–water partition coefficient (Wildman–Crippen LogP) is 0.646. The topological polar surface area (TPSA) is 104 Å². The van der Waals surface area contributed by atoms with Crippen molar-refractivity contribution in [3.05, 3.63) is 39.6 Å². The van der Waals surface area contributed by atoms with E-state index in [2.05, 4.69) is 10.6 Å². The van der Waals surface area contributed by atoms with E-state index in [9.17, 15) is 20.0 Å². The Kier molecular flexibility index (Phi) is 2.94. The Morgan fingerprint density at radius 3 is 2.67 bits per heavy atom. The normalized spacial score (nSPS) is 16.6. The Hall–Kier alpha value is -2.48. The summed E-state index contributed by atoms with van der Waals surface area (Å²) in [6.07, 6.45) is 1.29. The van der Waals surface area contributed by atoms with Gasteiger partial charge in [0.2, 0.25) is 0 Å². The molecule has 92 valence electrons. The quantitative estimate of drug-likeness (QED) is 0.314. The van der Waals surface area contributed by atoms with Gasteiger partial charge in [-0.3, -0.25) is 20.2 Å². The summed E-state index contributed by atoms with van der Waals surface area (Å²) in [5, 5.41) is 25.2. The molecular weight excluding hydrogens is 258 g/mol. The summed E-state index contributed by atoms with van der Waals surface area (Å²) in [4.78, 5) is 21.4. The maximum absolute atomic E-state index is 11.4. The molecule has 2 rings (SSSR count). The van der Waals surface area contributed by atoms with Gasteiger partial charge in [-0.25, -0.2) is 0 Å². The highest BCUT2D eigenvalue weighted by Crippen LogP contribution is 2.25. The molecule has 8 heteroatoms. The molecule has 7 nitrogen and oxygen atoms in total. The van der Waals surface area contributed by atoms with Crippen LogP contribution >= 0.6 is 12.2 Å². The molecule has 1 fully saturated rings. The fourth-order valence-corrected chi connectivity index (χ4v) is 1.61. The summed E-state index contributed by atoms with van der Waals surface area (Å²) < 4.78 is 0. The van der Waals surface area contributed by atoms with Crippen molar-refractivity contribution in [2.45, 2.75) is 0 Å². The van der Waals surface area contributed by atoms with E-state index in [4.69, 9.17) is 12.2 Å². The van der Waals surface area contributed by atoms with Crippen LogP contribution in [0, 0.1) is 10.1 Å². The number of carbonyl (C=O) groups excluding carboxylic acids is 1. The lowest BCUT2D eigenvalue weighted by Crippen LogP contribution is -2.21. The van der Waals surface area contributed by atoms with E-state index < -0.39 is 10.8 Å². The molecule has 1 aromatic rings. The van der Waals surface area contributed by atoms with Crippen molar-refractivity contribution in [2.24, 2.45) is 0 Å². The molecule has 0 radical (unpaired) electrons. The van der Waals surface area contributed by atoms with Gasteiger partial charge in [0.1, 0.15) is 11.4 Å². The van der Waals surface area contributed by atoms with Gasteiger partial charge in [0, 0.05) is 17.7 Å². The van der Waals surface area contributed by atoms with E-state index in [0.29, 0.717) is 0 Å². The molecule has 0 aromatic heterocycles. The summed E-state index contributed by atoms with van der Waals surface area (Å²) in [5.41, 5.74) is 0.1000. The highest BCUT2D eigenvalue weighted by molar-refractivity contribution is 7.80. The van der Waals surface area contributed by atoms with Crippen LogP contribution < -0.4 is 10.6 Å². The van der Waals surface area contributed by atoms with E-state index in [-0.39, 0.29) is 27.8 Å². The molecule has 1 aliphatic rings. The first-order valence-electron chi connectivity index (χ1n) is 4.79. The SMILES string of the molecule is O=C1NC(=S)N/C1=C\c1cc([N+](=O)[O-])ccc1O. The minimum absolute atomic E-state index is 0.121. The van der Waals surface area contributed by atoms with E-state index in [0.717, 1.165) is 0 Å². The highest BCUT2D eigenvalue weighted by atomic mass is 32.1. The number of nitrogens with one attached hydrogen (secondary N) is 2. The molecule has 1 saturated heterocycles. The van der Waals surface area contributed by atoms with Gasteiger partial charge in [-0.05, 0) is 24.4 Å². The number of non-ortho nitro benzene ring substituents is 1. The van der Waals surface area contributed by atoms with Gasteiger partial charge in [0.05, 0.1) is 4.92 Å².